The van der Waals surface area contributed by atoms with E-state index in [0.717, 1.165) is 4.90 Å². The molecule has 4 rings (SSSR count). The number of carbonyl (C=O) groups excluding carboxylic acids is 4. The maximum atomic E-state index is 12.4. The molecule has 0 spiro atoms. The Morgan fingerprint density at radius 3 is 2.48 bits per heavy atom. The third kappa shape index (κ3) is 4.38. The number of nitrogens with one attached hydrogen (secondary N) is 2. The second-order valence-corrected chi connectivity index (χ2v) is 7.68. The van der Waals surface area contributed by atoms with Crippen molar-refractivity contribution in [2.24, 2.45) is 0 Å². The Kier molecular flexibility index (Phi) is 5.63. The van der Waals surface area contributed by atoms with Crippen molar-refractivity contribution in [1.29, 1.82) is 0 Å². The van der Waals surface area contributed by atoms with Crippen LogP contribution in [0.25, 0.3) is 11.5 Å². The van der Waals surface area contributed by atoms with Gasteiger partial charge in [-0.05, 0) is 24.3 Å². The molecule has 0 bridgehead atoms. The Morgan fingerprint density at radius 1 is 1.10 bits per heavy atom. The minimum atomic E-state index is -0.391. The summed E-state index contributed by atoms with van der Waals surface area (Å²) in [5, 5.41) is 7.44. The monoisotopic (exact) mass is 438 g/mol. The zero-order chi connectivity index (χ0) is 22.0. The van der Waals surface area contributed by atoms with E-state index in [1.54, 1.807) is 41.8 Å². The third-order valence-electron chi connectivity index (χ3n) is 4.62. The van der Waals surface area contributed by atoms with E-state index in [1.165, 1.54) is 18.3 Å². The first-order valence-electron chi connectivity index (χ1n) is 9.46. The number of carbonyl (C=O) groups is 4. The molecule has 1 aliphatic rings. The number of aromatic nitrogens is 1. The summed E-state index contributed by atoms with van der Waals surface area (Å²) < 4.78 is 5.64. The molecule has 1 aromatic carbocycles. The molecular weight excluding hydrogens is 420 g/mol. The number of imide groups is 1. The van der Waals surface area contributed by atoms with Crippen LogP contribution >= 0.6 is 11.3 Å². The van der Waals surface area contributed by atoms with Gasteiger partial charge in [0, 0.05) is 25.3 Å². The van der Waals surface area contributed by atoms with Gasteiger partial charge in [0.05, 0.1) is 17.7 Å². The van der Waals surface area contributed by atoms with Gasteiger partial charge in [0.25, 0.3) is 11.8 Å². The average Bonchev–Trinajstić information content (AvgIpc) is 3.45. The first-order valence-corrected chi connectivity index (χ1v) is 10.3. The SMILES string of the molecule is CC(=O)NCc1ccc(-c2csc(NC(=O)CCN3C(=O)c4ccccc4C3=O)n2)o1. The van der Waals surface area contributed by atoms with E-state index < -0.39 is 11.8 Å². The summed E-state index contributed by atoms with van der Waals surface area (Å²) in [6.07, 6.45) is -0.0397. The second kappa shape index (κ2) is 8.52. The molecular formula is C21H18N4O5S. The molecule has 0 saturated heterocycles. The molecule has 3 aromatic rings. The van der Waals surface area contributed by atoms with Crippen molar-refractivity contribution in [2.45, 2.75) is 19.9 Å². The molecule has 10 heteroatoms. The zero-order valence-electron chi connectivity index (χ0n) is 16.5. The standard InChI is InChI=1S/C21H18N4O5S/c1-12(26)22-10-13-6-7-17(30-13)16-11-31-21(23-16)24-18(27)8-9-25-19(28)14-4-2-3-5-15(14)20(25)29/h2-7,11H,8-10H2,1H3,(H,22,26)(H,23,24,27). The van der Waals surface area contributed by atoms with Crippen LogP contribution in [0.3, 0.4) is 0 Å². The van der Waals surface area contributed by atoms with Gasteiger partial charge >= 0.3 is 0 Å². The quantitative estimate of drug-likeness (QED) is 0.547. The zero-order valence-corrected chi connectivity index (χ0v) is 17.3. The minimum Gasteiger partial charge on any atom is -0.458 e. The highest BCUT2D eigenvalue weighted by Crippen LogP contribution is 2.27. The average molecular weight is 438 g/mol. The van der Waals surface area contributed by atoms with Crippen molar-refractivity contribution in [3.63, 3.8) is 0 Å². The fourth-order valence-corrected chi connectivity index (χ4v) is 3.82. The number of nitrogens with zero attached hydrogens (tertiary/aromatic N) is 2. The fraction of sp³-hybridized carbons (Fsp3) is 0.190. The Bertz CT molecular complexity index is 1150. The first-order chi connectivity index (χ1) is 14.9. The van der Waals surface area contributed by atoms with E-state index in [4.69, 9.17) is 4.42 Å². The van der Waals surface area contributed by atoms with E-state index in [0.29, 0.717) is 33.5 Å². The summed E-state index contributed by atoms with van der Waals surface area (Å²) in [6.45, 7) is 1.69. The van der Waals surface area contributed by atoms with Crippen LogP contribution in [0, 0.1) is 0 Å². The van der Waals surface area contributed by atoms with Crippen LogP contribution in [-0.2, 0) is 16.1 Å². The lowest BCUT2D eigenvalue weighted by atomic mass is 10.1. The Morgan fingerprint density at radius 2 is 1.81 bits per heavy atom. The van der Waals surface area contributed by atoms with Crippen LogP contribution in [-0.4, -0.2) is 40.1 Å². The predicted octanol–water partition coefficient (Wildman–Crippen LogP) is 2.66. The summed E-state index contributed by atoms with van der Waals surface area (Å²) >= 11 is 1.23. The van der Waals surface area contributed by atoms with Gasteiger partial charge in [0.1, 0.15) is 11.5 Å². The molecule has 9 nitrogen and oxygen atoms in total. The van der Waals surface area contributed by atoms with Crippen LogP contribution in [0.2, 0.25) is 0 Å². The summed E-state index contributed by atoms with van der Waals surface area (Å²) in [4.78, 5) is 53.4. The van der Waals surface area contributed by atoms with Gasteiger partial charge in [-0.1, -0.05) is 12.1 Å². The maximum absolute atomic E-state index is 12.4. The number of amides is 4. The van der Waals surface area contributed by atoms with E-state index in [2.05, 4.69) is 15.6 Å². The number of anilines is 1. The summed E-state index contributed by atoms with van der Waals surface area (Å²) in [7, 11) is 0. The molecule has 4 amide bonds. The summed E-state index contributed by atoms with van der Waals surface area (Å²) in [6, 6.07) is 10.1. The number of furan rings is 1. The van der Waals surface area contributed by atoms with Crippen molar-refractivity contribution in [3.05, 3.63) is 58.7 Å². The Balaban J connectivity index is 1.32. The molecule has 0 fully saturated rings. The van der Waals surface area contributed by atoms with Gasteiger partial charge in [-0.25, -0.2) is 4.98 Å². The van der Waals surface area contributed by atoms with Gasteiger partial charge in [0.2, 0.25) is 11.8 Å². The molecule has 31 heavy (non-hydrogen) atoms. The second-order valence-electron chi connectivity index (χ2n) is 6.82. The molecule has 1 aliphatic heterocycles. The Labute approximate surface area is 181 Å². The number of fused-ring (bicyclic) bond motifs is 1. The highest BCUT2D eigenvalue weighted by atomic mass is 32.1. The normalized spacial score (nSPS) is 12.7. The number of hydrogen-bond acceptors (Lipinski definition) is 7. The number of benzene rings is 1. The molecule has 2 N–H and O–H groups in total. The highest BCUT2D eigenvalue weighted by molar-refractivity contribution is 7.14. The number of hydrogen-bond donors (Lipinski definition) is 2. The van der Waals surface area contributed by atoms with Gasteiger partial charge in [-0.2, -0.15) is 0 Å². The number of rotatable bonds is 7. The predicted molar refractivity (Wildman–Crippen MR) is 112 cm³/mol. The van der Waals surface area contributed by atoms with Crippen LogP contribution in [0.1, 0.15) is 39.8 Å². The van der Waals surface area contributed by atoms with Gasteiger partial charge in [-0.15, -0.1) is 11.3 Å². The van der Waals surface area contributed by atoms with Crippen molar-refractivity contribution < 1.29 is 23.6 Å². The molecule has 0 atom stereocenters. The van der Waals surface area contributed by atoms with Crippen molar-refractivity contribution >= 4 is 40.1 Å². The van der Waals surface area contributed by atoms with Crippen LogP contribution < -0.4 is 10.6 Å². The summed E-state index contributed by atoms with van der Waals surface area (Å²) in [5.41, 5.74) is 1.26. The number of thiazole rings is 1. The largest absolute Gasteiger partial charge is 0.458 e. The summed E-state index contributed by atoms with van der Waals surface area (Å²) in [5.74, 6) is -0.190. The lowest BCUT2D eigenvalue weighted by molar-refractivity contribution is -0.119. The van der Waals surface area contributed by atoms with Crippen molar-refractivity contribution in [2.75, 3.05) is 11.9 Å². The molecule has 2 aromatic heterocycles. The fourth-order valence-electron chi connectivity index (χ4n) is 3.10. The maximum Gasteiger partial charge on any atom is 0.261 e. The lowest BCUT2D eigenvalue weighted by Crippen LogP contribution is -2.32. The van der Waals surface area contributed by atoms with E-state index in [1.807, 2.05) is 0 Å². The lowest BCUT2D eigenvalue weighted by Gasteiger charge is -2.12. The molecule has 158 valence electrons. The topological polar surface area (TPSA) is 122 Å². The molecule has 0 aliphatic carbocycles. The minimum absolute atomic E-state index is 0.0128. The first kappa shape index (κ1) is 20.5. The van der Waals surface area contributed by atoms with Crippen LogP contribution in [0.5, 0.6) is 0 Å². The van der Waals surface area contributed by atoms with Gasteiger partial charge < -0.3 is 15.1 Å². The van der Waals surface area contributed by atoms with Crippen LogP contribution in [0.4, 0.5) is 5.13 Å². The van der Waals surface area contributed by atoms with Crippen LogP contribution in [0.15, 0.2) is 46.2 Å². The molecule has 0 radical (unpaired) electrons. The molecule has 0 unspecified atom stereocenters. The van der Waals surface area contributed by atoms with E-state index in [9.17, 15) is 19.2 Å². The van der Waals surface area contributed by atoms with Gasteiger partial charge in [-0.3, -0.25) is 24.1 Å². The van der Waals surface area contributed by atoms with Crippen molar-refractivity contribution in [1.82, 2.24) is 15.2 Å². The molecule has 3 heterocycles. The van der Waals surface area contributed by atoms with E-state index in [-0.39, 0.29) is 31.3 Å². The third-order valence-corrected chi connectivity index (χ3v) is 5.37. The van der Waals surface area contributed by atoms with E-state index >= 15 is 0 Å². The highest BCUT2D eigenvalue weighted by Gasteiger charge is 2.35. The molecule has 0 saturated carbocycles. The Hall–Kier alpha value is -3.79. The van der Waals surface area contributed by atoms with Gasteiger partial charge in [0.15, 0.2) is 10.9 Å². The smallest absolute Gasteiger partial charge is 0.261 e. The van der Waals surface area contributed by atoms with Crippen molar-refractivity contribution in [3.8, 4) is 11.5 Å².